The fourth-order valence-corrected chi connectivity index (χ4v) is 3.94. The zero-order valence-electron chi connectivity index (χ0n) is 14.3. The van der Waals surface area contributed by atoms with Gasteiger partial charge in [-0.05, 0) is 33.6 Å². The van der Waals surface area contributed by atoms with Gasteiger partial charge in [0.15, 0.2) is 4.90 Å². The van der Waals surface area contributed by atoms with Gasteiger partial charge in [-0.1, -0.05) is 12.1 Å². The second-order valence-electron chi connectivity index (χ2n) is 5.79. The molecule has 1 atom stereocenters. The Morgan fingerprint density at radius 1 is 0.903 bits per heavy atom. The maximum Gasteiger partial charge on any atom is 0.578 e. The van der Waals surface area contributed by atoms with Crippen LogP contribution in [0.2, 0.25) is 0 Å². The maximum atomic E-state index is 14.8. The van der Waals surface area contributed by atoms with Crippen LogP contribution in [0.1, 0.15) is 11.1 Å². The minimum absolute atomic E-state index is 0.0571. The smallest absolute Gasteiger partial charge is 0.578 e. The molecule has 0 saturated heterocycles. The summed E-state index contributed by atoms with van der Waals surface area (Å²) in [6.07, 6.45) is -13.3. The molecule has 14 heteroatoms. The molecule has 2 nitrogen and oxygen atoms in total. The van der Waals surface area contributed by atoms with Crippen molar-refractivity contribution in [2.24, 2.45) is 0 Å². The van der Waals surface area contributed by atoms with E-state index in [0.717, 1.165) is 24.3 Å². The third-order valence-electron chi connectivity index (χ3n) is 3.86. The summed E-state index contributed by atoms with van der Waals surface area (Å²) < 4.78 is 144. The second kappa shape index (κ2) is 8.18. The zero-order chi connectivity index (χ0) is 24.0. The number of hydrogen-bond acceptors (Lipinski definition) is 2. The number of nitrogens with zero attached hydrogens (tertiary/aromatic N) is 1. The van der Waals surface area contributed by atoms with Crippen LogP contribution in [0.5, 0.6) is 0 Å². The summed E-state index contributed by atoms with van der Waals surface area (Å²) in [5, 5.41) is 8.76. The number of rotatable bonds is 3. The molecule has 2 aromatic carbocycles. The van der Waals surface area contributed by atoms with Gasteiger partial charge in [-0.3, -0.25) is 0 Å². The predicted octanol–water partition coefficient (Wildman–Crippen LogP) is 6.70. The van der Waals surface area contributed by atoms with E-state index in [9.17, 15) is 48.5 Å². The van der Waals surface area contributed by atoms with E-state index in [1.165, 1.54) is 0 Å². The van der Waals surface area contributed by atoms with Crippen molar-refractivity contribution in [2.75, 3.05) is 0 Å². The Balaban J connectivity index is 2.99. The molecule has 2 rings (SSSR count). The quantitative estimate of drug-likeness (QED) is 0.321. The van der Waals surface area contributed by atoms with E-state index in [4.69, 9.17) is 5.26 Å². The Morgan fingerprint density at radius 3 is 1.77 bits per heavy atom. The van der Waals surface area contributed by atoms with Crippen LogP contribution in [0.15, 0.2) is 39.7 Å². The molecule has 31 heavy (non-hydrogen) atoms. The van der Waals surface area contributed by atoms with Crippen molar-refractivity contribution in [3.05, 3.63) is 52.0 Å². The van der Waals surface area contributed by atoms with E-state index < -0.39 is 66.8 Å². The maximum absolute atomic E-state index is 14.8. The van der Waals surface area contributed by atoms with Crippen LogP contribution in [0.4, 0.5) is 43.9 Å². The van der Waals surface area contributed by atoms with E-state index in [2.05, 4.69) is 15.9 Å². The molecule has 167 valence electrons. The Hall–Kier alpha value is -1.98. The fourth-order valence-electron chi connectivity index (χ4n) is 2.48. The molecule has 0 aliphatic rings. The lowest BCUT2D eigenvalue weighted by Gasteiger charge is -2.32. The van der Waals surface area contributed by atoms with Gasteiger partial charge in [-0.15, -0.1) is 13.2 Å². The van der Waals surface area contributed by atoms with Crippen LogP contribution in [-0.4, -0.2) is 22.4 Å². The highest BCUT2D eigenvalue weighted by Crippen LogP contribution is 2.56. The lowest BCUT2D eigenvalue weighted by molar-refractivity contribution is -0.348. The molecule has 0 bridgehead atoms. The largest absolute Gasteiger partial charge is 0.604 e. The van der Waals surface area contributed by atoms with E-state index in [1.54, 1.807) is 12.1 Å². The second-order valence-corrected chi connectivity index (χ2v) is 8.03. The van der Waals surface area contributed by atoms with Crippen molar-refractivity contribution in [1.29, 1.82) is 5.26 Å². The minimum Gasteiger partial charge on any atom is -0.604 e. The average Bonchev–Trinajstić information content (AvgIpc) is 2.63. The molecule has 0 aromatic heterocycles. The van der Waals surface area contributed by atoms with Crippen LogP contribution < -0.4 is 0 Å². The molecule has 0 aliphatic heterocycles. The molecule has 0 fully saturated rings. The van der Waals surface area contributed by atoms with Gasteiger partial charge in [-0.25, -0.2) is 4.39 Å². The summed E-state index contributed by atoms with van der Waals surface area (Å²) in [6.45, 7) is 0. The summed E-state index contributed by atoms with van der Waals surface area (Å²) in [6, 6.07) is 6.65. The monoisotopic (exact) mass is 540 g/mol. The summed E-state index contributed by atoms with van der Waals surface area (Å²) in [5.74, 6) is 0. The molecule has 2 aromatic rings. The molecular formula is C17H5BrF10NOS. The molecule has 1 radical (unpaired) electrons. The lowest BCUT2D eigenvalue weighted by atomic mass is 9.87. The van der Waals surface area contributed by atoms with Crippen molar-refractivity contribution in [1.82, 2.24) is 0 Å². The first kappa shape index (κ1) is 25.3. The predicted molar refractivity (Wildman–Crippen MR) is 90.5 cm³/mol. The molecule has 0 aliphatic carbocycles. The number of halogens is 11. The van der Waals surface area contributed by atoms with Crippen LogP contribution in [0.25, 0.3) is 11.1 Å². The Bertz CT molecular complexity index is 994. The number of benzene rings is 2. The Morgan fingerprint density at radius 2 is 1.39 bits per heavy atom. The molecule has 0 N–H and O–H groups in total. The zero-order valence-corrected chi connectivity index (χ0v) is 16.7. The Labute approximate surface area is 178 Å². The number of hydrogen-bond donors (Lipinski definition) is 0. The topological polar surface area (TPSA) is 46.8 Å². The van der Waals surface area contributed by atoms with Gasteiger partial charge in [0.2, 0.25) is 0 Å². The third kappa shape index (κ3) is 4.63. The number of alkyl halides is 10. The lowest BCUT2D eigenvalue weighted by Crippen LogP contribution is -2.50. The molecule has 0 amide bonds. The first-order chi connectivity index (χ1) is 13.9. The van der Waals surface area contributed by atoms with Gasteiger partial charge in [0.1, 0.15) is 0 Å². The standard InChI is InChI=1S/C17H5BrF10NOS/c18-12-6-10(31(30)17(26,27)28)5-11(14(19,15(20,21)22)16(23,24)25)13(12)9-3-1-8(7-29)2-4-9/h1-5H. The highest BCUT2D eigenvalue weighted by atomic mass is 79.9. The van der Waals surface area contributed by atoms with Gasteiger partial charge >= 0.3 is 23.5 Å². The Kier molecular flexibility index (Phi) is 6.67. The van der Waals surface area contributed by atoms with Crippen molar-refractivity contribution in [3.63, 3.8) is 0 Å². The van der Waals surface area contributed by atoms with Crippen molar-refractivity contribution < 1.29 is 48.5 Å². The first-order valence-electron chi connectivity index (χ1n) is 7.53. The summed E-state index contributed by atoms with van der Waals surface area (Å²) in [4.78, 5) is -1.65. The SMILES string of the molecule is N#Cc1ccc(-c2c(Br)[c]c([S+]([O-])C(F)(F)F)cc2C(F)(C(F)(F)F)C(F)(F)F)cc1. The van der Waals surface area contributed by atoms with E-state index in [-0.39, 0.29) is 5.56 Å². The van der Waals surface area contributed by atoms with E-state index in [0.29, 0.717) is 0 Å². The molecule has 0 spiro atoms. The van der Waals surface area contributed by atoms with Gasteiger partial charge in [0.25, 0.3) is 0 Å². The molecule has 0 saturated carbocycles. The van der Waals surface area contributed by atoms with Gasteiger partial charge in [0, 0.05) is 21.7 Å². The summed E-state index contributed by atoms with van der Waals surface area (Å²) in [5.41, 5.74) is -15.7. The van der Waals surface area contributed by atoms with Gasteiger partial charge in [-0.2, -0.15) is 31.6 Å². The van der Waals surface area contributed by atoms with Crippen molar-refractivity contribution in [3.8, 4) is 17.2 Å². The van der Waals surface area contributed by atoms with Crippen molar-refractivity contribution >= 4 is 27.1 Å². The van der Waals surface area contributed by atoms with Crippen molar-refractivity contribution in [2.45, 2.75) is 28.4 Å². The third-order valence-corrected chi connectivity index (χ3v) is 5.50. The van der Waals surface area contributed by atoms with Crippen LogP contribution in [-0.2, 0) is 16.8 Å². The molecule has 1 unspecified atom stereocenters. The van der Waals surface area contributed by atoms with Crippen LogP contribution >= 0.6 is 15.9 Å². The molecule has 0 heterocycles. The van der Waals surface area contributed by atoms with Crippen LogP contribution in [0.3, 0.4) is 0 Å². The number of nitriles is 1. The van der Waals surface area contributed by atoms with E-state index >= 15 is 0 Å². The van der Waals surface area contributed by atoms with Gasteiger partial charge < -0.3 is 4.55 Å². The highest BCUT2D eigenvalue weighted by Gasteiger charge is 2.74. The van der Waals surface area contributed by atoms with Gasteiger partial charge in [0.05, 0.1) is 28.9 Å². The first-order valence-corrected chi connectivity index (χ1v) is 9.47. The summed E-state index contributed by atoms with van der Waals surface area (Å²) in [7, 11) is 0. The minimum atomic E-state index is -6.65. The highest BCUT2D eigenvalue weighted by molar-refractivity contribution is 9.10. The van der Waals surface area contributed by atoms with Crippen LogP contribution in [0, 0.1) is 17.4 Å². The normalized spacial score (nSPS) is 14.3. The summed E-state index contributed by atoms with van der Waals surface area (Å²) >= 11 is -1.60. The fraction of sp³-hybridized carbons (Fsp3) is 0.235. The van der Waals surface area contributed by atoms with E-state index in [1.807, 2.05) is 0 Å². The molecular weight excluding hydrogens is 536 g/mol. The average molecular weight is 541 g/mol.